The van der Waals surface area contributed by atoms with Crippen molar-refractivity contribution in [1.29, 1.82) is 0 Å². The van der Waals surface area contributed by atoms with Gasteiger partial charge in [-0.25, -0.2) is 4.79 Å². The molecule has 0 saturated heterocycles. The molecule has 0 aliphatic heterocycles. The van der Waals surface area contributed by atoms with Gasteiger partial charge in [-0.05, 0) is 43.3 Å². The van der Waals surface area contributed by atoms with E-state index in [1.54, 1.807) is 49.4 Å². The predicted octanol–water partition coefficient (Wildman–Crippen LogP) is 4.19. The first-order chi connectivity index (χ1) is 11.5. The minimum absolute atomic E-state index is 0.247. The Labute approximate surface area is 149 Å². The molecule has 0 aliphatic carbocycles. The van der Waals surface area contributed by atoms with Crippen LogP contribution in [0.3, 0.4) is 0 Å². The summed E-state index contributed by atoms with van der Waals surface area (Å²) in [6, 6.07) is 11.3. The third-order valence-corrected chi connectivity index (χ3v) is 3.54. The van der Waals surface area contributed by atoms with Gasteiger partial charge in [0.05, 0.1) is 22.2 Å². The van der Waals surface area contributed by atoms with E-state index in [0.717, 1.165) is 0 Å². The van der Waals surface area contributed by atoms with Crippen LogP contribution in [0.15, 0.2) is 42.5 Å². The van der Waals surface area contributed by atoms with Crippen molar-refractivity contribution >= 4 is 40.8 Å². The summed E-state index contributed by atoms with van der Waals surface area (Å²) in [5.41, 5.74) is 0.941. The number of benzene rings is 2. The Balaban J connectivity index is 1.92. The number of ether oxygens (including phenoxy) is 2. The average Bonchev–Trinajstić information content (AvgIpc) is 2.55. The Morgan fingerprint density at radius 1 is 1.04 bits per heavy atom. The van der Waals surface area contributed by atoms with Crippen LogP contribution in [0.5, 0.6) is 5.75 Å². The molecule has 0 unspecified atom stereocenters. The Kier molecular flexibility index (Phi) is 6.46. The molecule has 2 aromatic carbocycles. The second-order valence-electron chi connectivity index (χ2n) is 4.69. The maximum absolute atomic E-state index is 11.9. The lowest BCUT2D eigenvalue weighted by Gasteiger charge is -2.10. The van der Waals surface area contributed by atoms with Gasteiger partial charge < -0.3 is 14.8 Å². The second-order valence-corrected chi connectivity index (χ2v) is 5.50. The van der Waals surface area contributed by atoms with Gasteiger partial charge in [0.2, 0.25) is 0 Å². The van der Waals surface area contributed by atoms with Gasteiger partial charge in [-0.1, -0.05) is 29.3 Å². The standard InChI is InChI=1S/C17H15Cl2NO4/c1-2-23-17(22)11-6-8-12(9-7-11)20-15(21)10-24-16-13(18)4-3-5-14(16)19/h3-9H,2,10H2,1H3,(H,20,21). The highest BCUT2D eigenvalue weighted by atomic mass is 35.5. The predicted molar refractivity (Wildman–Crippen MR) is 93.0 cm³/mol. The van der Waals surface area contributed by atoms with E-state index in [9.17, 15) is 9.59 Å². The smallest absolute Gasteiger partial charge is 0.338 e. The number of para-hydroxylation sites is 1. The number of esters is 1. The first kappa shape index (κ1) is 18.1. The molecule has 0 aromatic heterocycles. The third-order valence-electron chi connectivity index (χ3n) is 2.95. The normalized spacial score (nSPS) is 10.1. The summed E-state index contributed by atoms with van der Waals surface area (Å²) in [6.45, 7) is 1.79. The SMILES string of the molecule is CCOC(=O)c1ccc(NC(=O)COc2c(Cl)cccc2Cl)cc1. The van der Waals surface area contributed by atoms with Crippen molar-refractivity contribution in [1.82, 2.24) is 0 Å². The third kappa shape index (κ3) is 4.88. The molecule has 126 valence electrons. The van der Waals surface area contributed by atoms with Crippen LogP contribution >= 0.6 is 23.2 Å². The fourth-order valence-electron chi connectivity index (χ4n) is 1.86. The van der Waals surface area contributed by atoms with E-state index in [2.05, 4.69) is 5.32 Å². The minimum atomic E-state index is -0.410. The average molecular weight is 368 g/mol. The van der Waals surface area contributed by atoms with Gasteiger partial charge in [-0.15, -0.1) is 0 Å². The summed E-state index contributed by atoms with van der Waals surface area (Å²) in [5.74, 6) is -0.532. The maximum atomic E-state index is 11.9. The van der Waals surface area contributed by atoms with E-state index < -0.39 is 5.97 Å². The monoisotopic (exact) mass is 367 g/mol. The fourth-order valence-corrected chi connectivity index (χ4v) is 2.37. The van der Waals surface area contributed by atoms with Crippen molar-refractivity contribution in [3.8, 4) is 5.75 Å². The molecule has 0 aliphatic rings. The molecule has 0 fully saturated rings. The number of amides is 1. The molecule has 5 nitrogen and oxygen atoms in total. The lowest BCUT2D eigenvalue weighted by molar-refractivity contribution is -0.118. The van der Waals surface area contributed by atoms with Gasteiger partial charge in [-0.2, -0.15) is 0 Å². The van der Waals surface area contributed by atoms with Crippen molar-refractivity contribution in [3.05, 3.63) is 58.1 Å². The lowest BCUT2D eigenvalue weighted by Crippen LogP contribution is -2.20. The molecule has 0 saturated carbocycles. The Morgan fingerprint density at radius 2 is 1.67 bits per heavy atom. The molecule has 1 N–H and O–H groups in total. The van der Waals surface area contributed by atoms with E-state index >= 15 is 0 Å². The van der Waals surface area contributed by atoms with Crippen LogP contribution in [-0.4, -0.2) is 25.1 Å². The minimum Gasteiger partial charge on any atom is -0.481 e. The summed E-state index contributed by atoms with van der Waals surface area (Å²) >= 11 is 11.9. The molecule has 24 heavy (non-hydrogen) atoms. The molecule has 0 atom stereocenters. The molecule has 0 heterocycles. The van der Waals surface area contributed by atoms with E-state index in [1.165, 1.54) is 0 Å². The van der Waals surface area contributed by atoms with Crippen molar-refractivity contribution in [3.63, 3.8) is 0 Å². The number of hydrogen-bond acceptors (Lipinski definition) is 4. The number of anilines is 1. The molecule has 2 rings (SSSR count). The van der Waals surface area contributed by atoms with Gasteiger partial charge in [0.15, 0.2) is 12.4 Å². The van der Waals surface area contributed by atoms with Gasteiger partial charge in [-0.3, -0.25) is 4.79 Å². The topological polar surface area (TPSA) is 64.6 Å². The second kappa shape index (κ2) is 8.57. The summed E-state index contributed by atoms with van der Waals surface area (Å²) in [5, 5.41) is 3.30. The zero-order valence-corrected chi connectivity index (χ0v) is 14.4. The number of halogens is 2. The molecule has 2 aromatic rings. The van der Waals surface area contributed by atoms with Crippen molar-refractivity contribution < 1.29 is 19.1 Å². The highest BCUT2D eigenvalue weighted by molar-refractivity contribution is 6.37. The van der Waals surface area contributed by atoms with Crippen LogP contribution in [0.1, 0.15) is 17.3 Å². The number of hydrogen-bond donors (Lipinski definition) is 1. The number of nitrogens with one attached hydrogen (secondary N) is 1. The first-order valence-corrected chi connectivity index (χ1v) is 7.90. The molecule has 0 spiro atoms. The van der Waals surface area contributed by atoms with Crippen LogP contribution in [0.25, 0.3) is 0 Å². The molecule has 1 amide bonds. The summed E-state index contributed by atoms with van der Waals surface area (Å²) in [4.78, 5) is 23.5. The van der Waals surface area contributed by atoms with E-state index in [-0.39, 0.29) is 18.3 Å². The Bertz CT molecular complexity index is 712. The highest BCUT2D eigenvalue weighted by Gasteiger charge is 2.10. The quantitative estimate of drug-likeness (QED) is 0.777. The van der Waals surface area contributed by atoms with Crippen molar-refractivity contribution in [2.75, 3.05) is 18.5 Å². The van der Waals surface area contributed by atoms with Crippen LogP contribution in [0.2, 0.25) is 10.0 Å². The molecule has 7 heteroatoms. The van der Waals surface area contributed by atoms with Crippen LogP contribution < -0.4 is 10.1 Å². The van der Waals surface area contributed by atoms with Crippen LogP contribution in [0.4, 0.5) is 5.69 Å². The summed E-state index contributed by atoms with van der Waals surface area (Å²) < 4.78 is 10.2. The Morgan fingerprint density at radius 3 is 2.25 bits per heavy atom. The molecular formula is C17H15Cl2NO4. The lowest BCUT2D eigenvalue weighted by atomic mass is 10.2. The number of carbonyl (C=O) groups excluding carboxylic acids is 2. The van der Waals surface area contributed by atoms with E-state index in [1.807, 2.05) is 0 Å². The van der Waals surface area contributed by atoms with Gasteiger partial charge in [0.25, 0.3) is 5.91 Å². The first-order valence-electron chi connectivity index (χ1n) is 7.15. The number of rotatable bonds is 6. The van der Waals surface area contributed by atoms with Gasteiger partial charge in [0, 0.05) is 5.69 Å². The van der Waals surface area contributed by atoms with Gasteiger partial charge in [0.1, 0.15) is 0 Å². The van der Waals surface area contributed by atoms with Gasteiger partial charge >= 0.3 is 5.97 Å². The van der Waals surface area contributed by atoms with E-state index in [4.69, 9.17) is 32.7 Å². The zero-order chi connectivity index (χ0) is 17.5. The zero-order valence-electron chi connectivity index (χ0n) is 12.8. The molecule has 0 bridgehead atoms. The Hall–Kier alpha value is -2.24. The summed E-state index contributed by atoms with van der Waals surface area (Å²) in [7, 11) is 0. The highest BCUT2D eigenvalue weighted by Crippen LogP contribution is 2.32. The van der Waals surface area contributed by atoms with E-state index in [0.29, 0.717) is 27.9 Å². The fraction of sp³-hybridized carbons (Fsp3) is 0.176. The number of carbonyl (C=O) groups is 2. The maximum Gasteiger partial charge on any atom is 0.338 e. The van der Waals surface area contributed by atoms with Crippen molar-refractivity contribution in [2.45, 2.75) is 6.92 Å². The van der Waals surface area contributed by atoms with Crippen molar-refractivity contribution in [2.24, 2.45) is 0 Å². The largest absolute Gasteiger partial charge is 0.481 e. The summed E-state index contributed by atoms with van der Waals surface area (Å²) in [6.07, 6.45) is 0. The molecular weight excluding hydrogens is 353 g/mol. The molecule has 0 radical (unpaired) electrons. The van der Waals surface area contributed by atoms with Crippen LogP contribution in [-0.2, 0) is 9.53 Å². The van der Waals surface area contributed by atoms with Crippen LogP contribution in [0, 0.1) is 0 Å².